The molecule has 1 N–H and O–H groups in total. The number of carboxylic acid groups (broad SMARTS) is 1. The first kappa shape index (κ1) is 13.7. The van der Waals surface area contributed by atoms with Gasteiger partial charge in [-0.25, -0.2) is 8.42 Å². The number of aliphatic carboxylic acids is 1. The Morgan fingerprint density at radius 1 is 1.12 bits per heavy atom. The summed E-state index contributed by atoms with van der Waals surface area (Å²) in [6.45, 7) is 0. The van der Waals surface area contributed by atoms with Crippen LogP contribution in [0.5, 0.6) is 0 Å². The molecule has 17 heavy (non-hydrogen) atoms. The summed E-state index contributed by atoms with van der Waals surface area (Å²) in [4.78, 5) is 10.3. The molecule has 1 aromatic rings. The zero-order valence-electron chi connectivity index (χ0n) is 9.50. The van der Waals surface area contributed by atoms with Gasteiger partial charge in [0.15, 0.2) is 9.84 Å². The van der Waals surface area contributed by atoms with Crippen molar-refractivity contribution in [2.24, 2.45) is 0 Å². The quantitative estimate of drug-likeness (QED) is 0.751. The molecule has 0 heterocycles. The molecule has 5 heteroatoms. The van der Waals surface area contributed by atoms with E-state index >= 15 is 0 Å². The van der Waals surface area contributed by atoms with Crippen molar-refractivity contribution >= 4 is 15.8 Å². The molecule has 0 atom stereocenters. The molecule has 0 aromatic heterocycles. The number of sulfone groups is 1. The number of carbonyl (C=O) groups is 1. The second kappa shape index (κ2) is 6.39. The van der Waals surface area contributed by atoms with Crippen LogP contribution in [-0.2, 0) is 21.1 Å². The van der Waals surface area contributed by atoms with Gasteiger partial charge in [0.1, 0.15) is 5.75 Å². The predicted octanol–water partition coefficient (Wildman–Crippen LogP) is 1.51. The second-order valence-electron chi connectivity index (χ2n) is 3.93. The molecule has 94 valence electrons. The lowest BCUT2D eigenvalue weighted by Gasteiger charge is -2.02. The summed E-state index contributed by atoms with van der Waals surface area (Å²) in [5.41, 5.74) is 1.17. The largest absolute Gasteiger partial charge is 0.480 e. The van der Waals surface area contributed by atoms with Crippen LogP contribution < -0.4 is 0 Å². The van der Waals surface area contributed by atoms with Gasteiger partial charge in [0.05, 0.1) is 5.75 Å². The molecule has 1 aromatic carbocycles. The minimum absolute atomic E-state index is 0.0495. The van der Waals surface area contributed by atoms with Crippen LogP contribution in [0.4, 0.5) is 0 Å². The maximum atomic E-state index is 11.3. The number of aryl methyl sites for hydroxylation is 1. The Labute approximate surface area is 101 Å². The first-order valence-corrected chi connectivity index (χ1v) is 7.28. The fraction of sp³-hybridized carbons (Fsp3) is 0.417. The third kappa shape index (κ3) is 6.06. The first-order chi connectivity index (χ1) is 7.99. The lowest BCUT2D eigenvalue weighted by Crippen LogP contribution is -2.18. The second-order valence-corrected chi connectivity index (χ2v) is 6.11. The van der Waals surface area contributed by atoms with Gasteiger partial charge in [0.25, 0.3) is 0 Å². The Morgan fingerprint density at radius 2 is 1.76 bits per heavy atom. The van der Waals surface area contributed by atoms with E-state index in [-0.39, 0.29) is 5.75 Å². The van der Waals surface area contributed by atoms with E-state index in [4.69, 9.17) is 5.11 Å². The van der Waals surface area contributed by atoms with Crippen LogP contribution in [0.25, 0.3) is 0 Å². The Bertz CT molecular complexity index is 451. The van der Waals surface area contributed by atoms with Crippen molar-refractivity contribution in [2.45, 2.75) is 19.3 Å². The fourth-order valence-corrected chi connectivity index (χ4v) is 2.72. The standard InChI is InChI=1S/C12H16O4S/c13-12(14)10-17(15,16)9-5-4-8-11-6-2-1-3-7-11/h1-3,6-7H,4-5,8-10H2,(H,13,14). The highest BCUT2D eigenvalue weighted by molar-refractivity contribution is 7.92. The number of hydrogen-bond acceptors (Lipinski definition) is 3. The number of carboxylic acids is 1. The molecule has 4 nitrogen and oxygen atoms in total. The van der Waals surface area contributed by atoms with Crippen molar-refractivity contribution < 1.29 is 18.3 Å². The molecule has 0 aliphatic rings. The van der Waals surface area contributed by atoms with Crippen LogP contribution >= 0.6 is 0 Å². The van der Waals surface area contributed by atoms with Crippen molar-refractivity contribution in [3.63, 3.8) is 0 Å². The normalized spacial score (nSPS) is 11.3. The van der Waals surface area contributed by atoms with Gasteiger partial charge in [-0.15, -0.1) is 0 Å². The van der Waals surface area contributed by atoms with Gasteiger partial charge in [-0.2, -0.15) is 0 Å². The van der Waals surface area contributed by atoms with Gasteiger partial charge in [0, 0.05) is 0 Å². The van der Waals surface area contributed by atoms with E-state index in [1.54, 1.807) is 0 Å². The van der Waals surface area contributed by atoms with Gasteiger partial charge in [-0.3, -0.25) is 4.79 Å². The fourth-order valence-electron chi connectivity index (χ4n) is 1.56. The van der Waals surface area contributed by atoms with E-state index in [1.807, 2.05) is 30.3 Å². The minimum atomic E-state index is -3.43. The Morgan fingerprint density at radius 3 is 2.35 bits per heavy atom. The van der Waals surface area contributed by atoms with Gasteiger partial charge < -0.3 is 5.11 Å². The topological polar surface area (TPSA) is 71.4 Å². The van der Waals surface area contributed by atoms with E-state index in [0.717, 1.165) is 12.8 Å². The molecule has 0 aliphatic carbocycles. The highest BCUT2D eigenvalue weighted by atomic mass is 32.2. The molecule has 0 amide bonds. The molecule has 0 spiro atoms. The van der Waals surface area contributed by atoms with Gasteiger partial charge in [-0.1, -0.05) is 30.3 Å². The highest BCUT2D eigenvalue weighted by Gasteiger charge is 2.14. The smallest absolute Gasteiger partial charge is 0.318 e. The van der Waals surface area contributed by atoms with Gasteiger partial charge in [0.2, 0.25) is 0 Å². The SMILES string of the molecule is O=C(O)CS(=O)(=O)CCCCc1ccccc1. The maximum absolute atomic E-state index is 11.3. The van der Waals surface area contributed by atoms with Crippen LogP contribution in [0.15, 0.2) is 30.3 Å². The Kier molecular flexibility index (Phi) is 5.15. The average molecular weight is 256 g/mol. The average Bonchev–Trinajstić information content (AvgIpc) is 2.24. The molecular weight excluding hydrogens is 240 g/mol. The maximum Gasteiger partial charge on any atom is 0.318 e. The summed E-state index contributed by atoms with van der Waals surface area (Å²) in [6.07, 6.45) is 2.08. The van der Waals surface area contributed by atoms with Crippen LogP contribution in [0.2, 0.25) is 0 Å². The van der Waals surface area contributed by atoms with Gasteiger partial charge >= 0.3 is 5.97 Å². The Balaban J connectivity index is 2.27. The van der Waals surface area contributed by atoms with Crippen LogP contribution in [-0.4, -0.2) is 31.0 Å². The van der Waals surface area contributed by atoms with Crippen LogP contribution in [0, 0.1) is 0 Å². The lowest BCUT2D eigenvalue weighted by molar-refractivity contribution is -0.134. The number of benzene rings is 1. The minimum Gasteiger partial charge on any atom is -0.480 e. The molecule has 0 radical (unpaired) electrons. The van der Waals surface area contributed by atoms with Crippen molar-refractivity contribution in [1.29, 1.82) is 0 Å². The highest BCUT2D eigenvalue weighted by Crippen LogP contribution is 2.06. The van der Waals surface area contributed by atoms with E-state index in [9.17, 15) is 13.2 Å². The molecule has 0 aliphatic heterocycles. The van der Waals surface area contributed by atoms with E-state index < -0.39 is 21.6 Å². The molecule has 0 fully saturated rings. The summed E-state index contributed by atoms with van der Waals surface area (Å²) < 4.78 is 22.5. The van der Waals surface area contributed by atoms with Gasteiger partial charge in [-0.05, 0) is 24.8 Å². The summed E-state index contributed by atoms with van der Waals surface area (Å²) in [5, 5.41) is 8.40. The number of hydrogen-bond donors (Lipinski definition) is 1. The molecule has 0 bridgehead atoms. The zero-order chi connectivity index (χ0) is 12.7. The van der Waals surface area contributed by atoms with Crippen molar-refractivity contribution in [3.8, 4) is 0 Å². The third-order valence-corrected chi connectivity index (χ3v) is 3.95. The molecule has 0 unspecified atom stereocenters. The van der Waals surface area contributed by atoms with Crippen molar-refractivity contribution in [2.75, 3.05) is 11.5 Å². The van der Waals surface area contributed by atoms with E-state index in [0.29, 0.717) is 6.42 Å². The molecular formula is C12H16O4S. The van der Waals surface area contributed by atoms with Crippen LogP contribution in [0.3, 0.4) is 0 Å². The summed E-state index contributed by atoms with van der Waals surface area (Å²) >= 11 is 0. The number of rotatable bonds is 7. The van der Waals surface area contributed by atoms with E-state index in [2.05, 4.69) is 0 Å². The summed E-state index contributed by atoms with van der Waals surface area (Å²) in [5.74, 6) is -2.10. The summed E-state index contributed by atoms with van der Waals surface area (Å²) in [6, 6.07) is 9.80. The van der Waals surface area contributed by atoms with Crippen molar-refractivity contribution in [3.05, 3.63) is 35.9 Å². The molecule has 0 saturated carbocycles. The van der Waals surface area contributed by atoms with E-state index in [1.165, 1.54) is 5.56 Å². The number of unbranched alkanes of at least 4 members (excludes halogenated alkanes) is 1. The van der Waals surface area contributed by atoms with Crippen molar-refractivity contribution in [1.82, 2.24) is 0 Å². The predicted molar refractivity (Wildman–Crippen MR) is 65.7 cm³/mol. The monoisotopic (exact) mass is 256 g/mol. The Hall–Kier alpha value is -1.36. The first-order valence-electron chi connectivity index (χ1n) is 5.46. The summed E-state index contributed by atoms with van der Waals surface area (Å²) in [7, 11) is -3.43. The zero-order valence-corrected chi connectivity index (χ0v) is 10.3. The molecule has 1 rings (SSSR count). The lowest BCUT2D eigenvalue weighted by atomic mass is 10.1. The third-order valence-electron chi connectivity index (χ3n) is 2.36. The molecule has 0 saturated heterocycles. The van der Waals surface area contributed by atoms with Crippen LogP contribution in [0.1, 0.15) is 18.4 Å².